The molecule has 0 unspecified atom stereocenters. The molecule has 0 spiro atoms. The Bertz CT molecular complexity index is 1570. The van der Waals surface area contributed by atoms with Crippen LogP contribution in [0.4, 0.5) is 0 Å². The van der Waals surface area contributed by atoms with E-state index < -0.39 is 5.97 Å². The Hall–Kier alpha value is -3.58. The summed E-state index contributed by atoms with van der Waals surface area (Å²) in [6.07, 6.45) is 4.40. The molecule has 42 heavy (non-hydrogen) atoms. The van der Waals surface area contributed by atoms with E-state index in [1.807, 2.05) is 0 Å². The van der Waals surface area contributed by atoms with E-state index in [4.69, 9.17) is 9.84 Å². The molecule has 1 fully saturated rings. The summed E-state index contributed by atoms with van der Waals surface area (Å²) in [7, 11) is 0. The lowest BCUT2D eigenvalue weighted by Gasteiger charge is -2.15. The highest BCUT2D eigenvalue weighted by Gasteiger charge is 2.22. The van der Waals surface area contributed by atoms with E-state index >= 15 is 0 Å². The van der Waals surface area contributed by atoms with Gasteiger partial charge in [-0.15, -0.1) is 0 Å². The number of fused-ring (bicyclic) bond motifs is 1. The van der Waals surface area contributed by atoms with Crippen molar-refractivity contribution in [3.63, 3.8) is 0 Å². The third-order valence-corrected chi connectivity index (χ3v) is 9.24. The Balaban J connectivity index is 1.44. The van der Waals surface area contributed by atoms with E-state index in [0.717, 1.165) is 59.7 Å². The van der Waals surface area contributed by atoms with Crippen LogP contribution in [0.25, 0.3) is 22.0 Å². The minimum absolute atomic E-state index is 0.0840. The van der Waals surface area contributed by atoms with Crippen molar-refractivity contribution in [1.82, 2.24) is 19.2 Å². The topological polar surface area (TPSA) is 72.5 Å². The highest BCUT2D eigenvalue weighted by atomic mass is 16.5. The van der Waals surface area contributed by atoms with Crippen LogP contribution in [-0.2, 0) is 24.3 Å². The fraction of sp³-hybridized carbons (Fsp3) is 0.486. The Morgan fingerprint density at radius 3 is 2.36 bits per heavy atom. The maximum Gasteiger partial charge on any atom is 0.305 e. The zero-order valence-corrected chi connectivity index (χ0v) is 26.2. The summed E-state index contributed by atoms with van der Waals surface area (Å²) in [6, 6.07) is 10.7. The van der Waals surface area contributed by atoms with Crippen LogP contribution in [0.5, 0.6) is 5.75 Å². The maximum atomic E-state index is 11.6. The summed E-state index contributed by atoms with van der Waals surface area (Å²) in [5.41, 5.74) is 11.8. The van der Waals surface area contributed by atoms with Crippen LogP contribution >= 0.6 is 0 Å². The molecule has 224 valence electrons. The van der Waals surface area contributed by atoms with Crippen LogP contribution in [-0.4, -0.2) is 56.6 Å². The number of nitrogens with zero attached hydrogens (tertiary/aromatic N) is 4. The number of aliphatic carboxylic acids is 1. The van der Waals surface area contributed by atoms with Crippen molar-refractivity contribution >= 4 is 16.9 Å². The van der Waals surface area contributed by atoms with Crippen molar-refractivity contribution < 1.29 is 14.6 Å². The second kappa shape index (κ2) is 12.7. The van der Waals surface area contributed by atoms with Crippen LogP contribution in [0.1, 0.15) is 65.0 Å². The zero-order chi connectivity index (χ0) is 30.0. The first-order chi connectivity index (χ1) is 20.2. The smallest absolute Gasteiger partial charge is 0.305 e. The average Bonchev–Trinajstić information content (AvgIpc) is 3.64. The summed E-state index contributed by atoms with van der Waals surface area (Å²) in [6.45, 7) is 18.1. The van der Waals surface area contributed by atoms with Gasteiger partial charge < -0.3 is 19.3 Å². The maximum absolute atomic E-state index is 11.6. The first kappa shape index (κ1) is 29.9. The van der Waals surface area contributed by atoms with Gasteiger partial charge in [0.15, 0.2) is 0 Å². The van der Waals surface area contributed by atoms with Crippen molar-refractivity contribution in [2.45, 2.75) is 86.7 Å². The molecule has 0 saturated carbocycles. The van der Waals surface area contributed by atoms with Gasteiger partial charge in [0, 0.05) is 41.0 Å². The molecule has 1 aliphatic heterocycles. The van der Waals surface area contributed by atoms with Crippen molar-refractivity contribution in [2.75, 3.05) is 26.2 Å². The molecule has 0 aliphatic carbocycles. The Morgan fingerprint density at radius 2 is 1.67 bits per heavy atom. The number of carboxylic acid groups (broad SMARTS) is 1. The second-order valence-corrected chi connectivity index (χ2v) is 12.0. The van der Waals surface area contributed by atoms with Crippen LogP contribution in [0.15, 0.2) is 30.3 Å². The number of benzene rings is 2. The molecule has 2 aromatic carbocycles. The Kier molecular flexibility index (Phi) is 9.07. The summed E-state index contributed by atoms with van der Waals surface area (Å²) >= 11 is 0. The SMILES string of the molecule is Cc1cc(OCCCc2c(C)n(CCC(=O)O)c3c(-c4c(C)nn(CCN5CCCC5)c4C)cccc23)cc(C)c1C. The number of carbonyl (C=O) groups is 1. The van der Waals surface area contributed by atoms with Crippen molar-refractivity contribution in [3.8, 4) is 16.9 Å². The van der Waals surface area contributed by atoms with Crippen molar-refractivity contribution in [1.29, 1.82) is 0 Å². The molecular formula is C35H46N4O3. The molecular weight excluding hydrogens is 524 g/mol. The number of para-hydroxylation sites is 1. The number of hydrogen-bond donors (Lipinski definition) is 1. The minimum atomic E-state index is -0.783. The highest BCUT2D eigenvalue weighted by molar-refractivity contribution is 5.98. The molecule has 7 heteroatoms. The standard InChI is InChI=1S/C35H46N4O3/c1-23-21-29(22-24(2)25(23)3)42-20-10-13-30-27(5)38(17-14-33(40)41)35-31(30)11-9-12-32(35)34-26(4)36-39(28(34)6)19-18-37-15-7-8-16-37/h9,11-12,21-22H,7-8,10,13-20H2,1-6H3,(H,40,41). The number of likely N-dealkylation sites (tertiary alicyclic amines) is 1. The van der Waals surface area contributed by atoms with Crippen LogP contribution in [0, 0.1) is 41.5 Å². The molecule has 3 heterocycles. The molecule has 1 aliphatic rings. The van der Waals surface area contributed by atoms with Gasteiger partial charge in [-0.2, -0.15) is 5.10 Å². The minimum Gasteiger partial charge on any atom is -0.494 e. The van der Waals surface area contributed by atoms with Crippen LogP contribution < -0.4 is 4.74 Å². The quantitative estimate of drug-likeness (QED) is 0.187. The van der Waals surface area contributed by atoms with Gasteiger partial charge in [-0.1, -0.05) is 18.2 Å². The lowest BCUT2D eigenvalue weighted by Crippen LogP contribution is -2.24. The molecule has 7 nitrogen and oxygen atoms in total. The van der Waals surface area contributed by atoms with E-state index in [0.29, 0.717) is 13.2 Å². The molecule has 0 radical (unpaired) electrons. The van der Waals surface area contributed by atoms with Crippen LogP contribution in [0.2, 0.25) is 0 Å². The molecule has 0 amide bonds. The Labute approximate surface area is 250 Å². The first-order valence-electron chi connectivity index (χ1n) is 15.5. The lowest BCUT2D eigenvalue weighted by molar-refractivity contribution is -0.137. The highest BCUT2D eigenvalue weighted by Crippen LogP contribution is 2.38. The monoisotopic (exact) mass is 570 g/mol. The fourth-order valence-corrected chi connectivity index (χ4v) is 6.67. The number of aryl methyl sites for hydroxylation is 5. The molecule has 0 bridgehead atoms. The van der Waals surface area contributed by atoms with E-state index in [1.165, 1.54) is 59.3 Å². The largest absolute Gasteiger partial charge is 0.494 e. The number of ether oxygens (including phenoxy) is 1. The third kappa shape index (κ3) is 6.12. The van der Waals surface area contributed by atoms with Gasteiger partial charge in [-0.3, -0.25) is 9.48 Å². The van der Waals surface area contributed by atoms with Gasteiger partial charge in [-0.25, -0.2) is 0 Å². The van der Waals surface area contributed by atoms with Gasteiger partial charge in [0.2, 0.25) is 0 Å². The average molecular weight is 571 g/mol. The van der Waals surface area contributed by atoms with Gasteiger partial charge >= 0.3 is 5.97 Å². The van der Waals surface area contributed by atoms with Crippen molar-refractivity contribution in [3.05, 3.63) is 69.7 Å². The molecule has 5 rings (SSSR count). The lowest BCUT2D eigenvalue weighted by atomic mass is 9.98. The number of aromatic nitrogens is 3. The molecule has 4 aromatic rings. The Morgan fingerprint density at radius 1 is 0.952 bits per heavy atom. The summed E-state index contributed by atoms with van der Waals surface area (Å²) < 4.78 is 10.6. The van der Waals surface area contributed by atoms with E-state index in [1.54, 1.807) is 0 Å². The van der Waals surface area contributed by atoms with Gasteiger partial charge in [0.25, 0.3) is 0 Å². The van der Waals surface area contributed by atoms with Gasteiger partial charge in [0.1, 0.15) is 5.75 Å². The van der Waals surface area contributed by atoms with E-state index in [-0.39, 0.29) is 6.42 Å². The second-order valence-electron chi connectivity index (χ2n) is 12.0. The van der Waals surface area contributed by atoms with E-state index in [2.05, 4.69) is 86.0 Å². The van der Waals surface area contributed by atoms with Gasteiger partial charge in [-0.05, 0) is 115 Å². The molecule has 1 N–H and O–H groups in total. The van der Waals surface area contributed by atoms with Crippen molar-refractivity contribution in [2.24, 2.45) is 0 Å². The predicted molar refractivity (Wildman–Crippen MR) is 170 cm³/mol. The molecule has 2 aromatic heterocycles. The fourth-order valence-electron chi connectivity index (χ4n) is 6.67. The zero-order valence-electron chi connectivity index (χ0n) is 26.2. The van der Waals surface area contributed by atoms with E-state index in [9.17, 15) is 9.90 Å². The third-order valence-electron chi connectivity index (χ3n) is 9.24. The van der Waals surface area contributed by atoms with Crippen LogP contribution in [0.3, 0.4) is 0 Å². The predicted octanol–water partition coefficient (Wildman–Crippen LogP) is 6.94. The normalized spacial score (nSPS) is 13.9. The molecule has 0 atom stereocenters. The summed E-state index contributed by atoms with van der Waals surface area (Å²) in [5, 5.41) is 15.7. The number of carboxylic acids is 1. The van der Waals surface area contributed by atoms with Gasteiger partial charge in [0.05, 0.1) is 30.8 Å². The summed E-state index contributed by atoms with van der Waals surface area (Å²) in [4.78, 5) is 14.2. The summed E-state index contributed by atoms with van der Waals surface area (Å²) in [5.74, 6) is 0.139. The number of hydrogen-bond acceptors (Lipinski definition) is 4. The number of rotatable bonds is 12. The first-order valence-corrected chi connectivity index (χ1v) is 15.5. The molecule has 1 saturated heterocycles.